The van der Waals surface area contributed by atoms with Crippen LogP contribution in [-0.2, 0) is 14.6 Å². The van der Waals surface area contributed by atoms with Gasteiger partial charge in [-0.2, -0.15) is 5.26 Å². The zero-order valence-electron chi connectivity index (χ0n) is 15.1. The highest BCUT2D eigenvalue weighted by molar-refractivity contribution is 7.92. The Hall–Kier alpha value is -2.07. The second kappa shape index (κ2) is 7.51. The Balaban J connectivity index is 2.04. The Labute approximate surface area is 164 Å². The topological polar surface area (TPSA) is 76.4 Å². The second-order valence-corrected chi connectivity index (χ2v) is 8.97. The molecular formula is C20H20ClNO4S. The average Bonchev–Trinajstić information content (AvgIpc) is 3.37. The van der Waals surface area contributed by atoms with Gasteiger partial charge in [0.2, 0.25) is 0 Å². The fourth-order valence-electron chi connectivity index (χ4n) is 3.52. The van der Waals surface area contributed by atoms with Gasteiger partial charge < -0.3 is 9.47 Å². The molecular weight excluding hydrogens is 386 g/mol. The normalized spacial score (nSPS) is 24.2. The van der Waals surface area contributed by atoms with E-state index in [0.717, 1.165) is 5.56 Å². The zero-order chi connectivity index (χ0) is 19.7. The molecule has 0 spiro atoms. The van der Waals surface area contributed by atoms with Gasteiger partial charge in [0.05, 0.1) is 29.9 Å². The van der Waals surface area contributed by atoms with Crippen molar-refractivity contribution in [3.8, 4) is 11.8 Å². The number of nitriles is 1. The van der Waals surface area contributed by atoms with Gasteiger partial charge in [0.1, 0.15) is 11.2 Å². The summed E-state index contributed by atoms with van der Waals surface area (Å²) in [6, 6.07) is 15.4. The van der Waals surface area contributed by atoms with E-state index in [1.165, 1.54) is 24.3 Å². The summed E-state index contributed by atoms with van der Waals surface area (Å²) in [6.07, 6.45) is 0. The molecule has 3 rings (SSSR count). The molecule has 5 nitrogen and oxygen atoms in total. The zero-order valence-corrected chi connectivity index (χ0v) is 16.6. The van der Waals surface area contributed by atoms with Crippen LogP contribution in [0.15, 0.2) is 53.4 Å². The molecule has 1 aliphatic rings. The van der Waals surface area contributed by atoms with Crippen LogP contribution < -0.4 is 4.74 Å². The van der Waals surface area contributed by atoms with Crippen molar-refractivity contribution in [2.75, 3.05) is 20.3 Å². The Morgan fingerprint density at radius 1 is 1.15 bits per heavy atom. The quantitative estimate of drug-likeness (QED) is 0.699. The summed E-state index contributed by atoms with van der Waals surface area (Å²) in [7, 11) is -2.17. The molecule has 1 saturated carbocycles. The predicted molar refractivity (Wildman–Crippen MR) is 103 cm³/mol. The fourth-order valence-corrected chi connectivity index (χ4v) is 5.96. The number of benzene rings is 2. The van der Waals surface area contributed by atoms with Gasteiger partial charge in [0.15, 0.2) is 9.84 Å². The van der Waals surface area contributed by atoms with E-state index in [9.17, 15) is 13.7 Å². The summed E-state index contributed by atoms with van der Waals surface area (Å²) in [5.74, 6) is 0.199. The maximum Gasteiger partial charge on any atom is 0.183 e. The molecule has 0 saturated heterocycles. The molecule has 2 aromatic rings. The van der Waals surface area contributed by atoms with Crippen molar-refractivity contribution in [3.63, 3.8) is 0 Å². The molecule has 7 heteroatoms. The first-order chi connectivity index (χ1) is 12.9. The summed E-state index contributed by atoms with van der Waals surface area (Å²) in [5.41, 5.74) is -0.345. The van der Waals surface area contributed by atoms with Crippen LogP contribution in [0.1, 0.15) is 18.4 Å². The molecule has 0 heterocycles. The number of nitrogens with zero attached hydrogens (tertiary/aromatic N) is 1. The van der Waals surface area contributed by atoms with Crippen LogP contribution >= 0.6 is 11.6 Å². The molecule has 0 aliphatic heterocycles. The van der Waals surface area contributed by atoms with E-state index >= 15 is 0 Å². The lowest BCUT2D eigenvalue weighted by molar-refractivity contribution is 0.117. The lowest BCUT2D eigenvalue weighted by Crippen LogP contribution is -2.19. The van der Waals surface area contributed by atoms with Crippen LogP contribution in [-0.4, -0.2) is 34.0 Å². The minimum Gasteiger partial charge on any atom is -0.497 e. The van der Waals surface area contributed by atoms with Crippen molar-refractivity contribution in [3.05, 3.63) is 59.1 Å². The van der Waals surface area contributed by atoms with E-state index < -0.39 is 26.4 Å². The molecule has 2 aromatic carbocycles. The third kappa shape index (κ3) is 3.43. The third-order valence-electron chi connectivity index (χ3n) is 4.96. The number of hydrogen-bond donors (Lipinski definition) is 0. The van der Waals surface area contributed by atoms with Gasteiger partial charge in [-0.3, -0.25) is 0 Å². The van der Waals surface area contributed by atoms with E-state index in [2.05, 4.69) is 6.07 Å². The Bertz CT molecular complexity index is 951. The number of rotatable bonds is 7. The lowest BCUT2D eigenvalue weighted by Gasteiger charge is -2.10. The van der Waals surface area contributed by atoms with Crippen molar-refractivity contribution in [2.45, 2.75) is 23.0 Å². The minimum atomic E-state index is -3.74. The van der Waals surface area contributed by atoms with Crippen LogP contribution in [0.4, 0.5) is 0 Å². The highest BCUT2D eigenvalue weighted by Gasteiger charge is 2.72. The molecule has 3 atom stereocenters. The van der Waals surface area contributed by atoms with Crippen LogP contribution in [0.5, 0.6) is 5.75 Å². The highest BCUT2D eigenvalue weighted by atomic mass is 35.5. The standard InChI is InChI=1S/C20H20ClNO4S/c1-3-26-13-20(12-22)18(14-4-8-16(25-2)9-5-14)19(20)27(23,24)17-10-6-15(21)7-11-17/h4-11,18-19H,3,13H2,1-2H3/t18-,19-,20+/m0/s1. The van der Waals surface area contributed by atoms with Crippen molar-refractivity contribution < 1.29 is 17.9 Å². The van der Waals surface area contributed by atoms with E-state index in [1.54, 1.807) is 31.4 Å². The smallest absolute Gasteiger partial charge is 0.183 e. The number of methoxy groups -OCH3 is 1. The molecule has 0 bridgehead atoms. The molecule has 0 aromatic heterocycles. The Kier molecular flexibility index (Phi) is 5.48. The maximum absolute atomic E-state index is 13.3. The van der Waals surface area contributed by atoms with Crippen molar-refractivity contribution >= 4 is 21.4 Å². The van der Waals surface area contributed by atoms with Gasteiger partial charge in [-0.05, 0) is 48.9 Å². The summed E-state index contributed by atoms with van der Waals surface area (Å²) in [6.45, 7) is 2.29. The van der Waals surface area contributed by atoms with Crippen LogP contribution in [0.3, 0.4) is 0 Å². The average molecular weight is 406 g/mol. The highest BCUT2D eigenvalue weighted by Crippen LogP contribution is 2.64. The largest absolute Gasteiger partial charge is 0.497 e. The van der Waals surface area contributed by atoms with Crippen LogP contribution in [0.2, 0.25) is 5.02 Å². The van der Waals surface area contributed by atoms with Crippen molar-refractivity contribution in [1.82, 2.24) is 0 Å². The van der Waals surface area contributed by atoms with E-state index in [0.29, 0.717) is 17.4 Å². The van der Waals surface area contributed by atoms with Gasteiger partial charge in [-0.1, -0.05) is 23.7 Å². The molecule has 1 aliphatic carbocycles. The third-order valence-corrected chi connectivity index (χ3v) is 7.50. The van der Waals surface area contributed by atoms with Crippen LogP contribution in [0.25, 0.3) is 0 Å². The van der Waals surface area contributed by atoms with Gasteiger partial charge in [-0.15, -0.1) is 0 Å². The molecule has 0 amide bonds. The summed E-state index contributed by atoms with van der Waals surface area (Å²) in [5, 5.41) is 9.48. The number of ether oxygens (including phenoxy) is 2. The van der Waals surface area contributed by atoms with Gasteiger partial charge in [0.25, 0.3) is 0 Å². The Morgan fingerprint density at radius 2 is 1.78 bits per heavy atom. The van der Waals surface area contributed by atoms with E-state index in [1.807, 2.05) is 6.92 Å². The molecule has 142 valence electrons. The first-order valence-corrected chi connectivity index (χ1v) is 10.5. The minimum absolute atomic E-state index is 0.0637. The SMILES string of the molecule is CCOC[C@]1(C#N)[C@@H](c2ccc(OC)cc2)[C@@H]1S(=O)(=O)c1ccc(Cl)cc1. The first kappa shape index (κ1) is 19.7. The van der Waals surface area contributed by atoms with Gasteiger partial charge in [0, 0.05) is 17.5 Å². The van der Waals surface area contributed by atoms with E-state index in [4.69, 9.17) is 21.1 Å². The first-order valence-electron chi connectivity index (χ1n) is 8.53. The maximum atomic E-state index is 13.3. The number of hydrogen-bond acceptors (Lipinski definition) is 5. The molecule has 27 heavy (non-hydrogen) atoms. The predicted octanol–water partition coefficient (Wildman–Crippen LogP) is 3.83. The lowest BCUT2D eigenvalue weighted by atomic mass is 10.0. The summed E-state index contributed by atoms with van der Waals surface area (Å²) in [4.78, 5) is 0.157. The Morgan fingerprint density at radius 3 is 2.30 bits per heavy atom. The monoisotopic (exact) mass is 405 g/mol. The fraction of sp³-hybridized carbons (Fsp3) is 0.350. The summed E-state index contributed by atoms with van der Waals surface area (Å²) < 4.78 is 37.2. The van der Waals surface area contributed by atoms with E-state index in [-0.39, 0.29) is 11.5 Å². The number of sulfone groups is 1. The van der Waals surface area contributed by atoms with Gasteiger partial charge in [-0.25, -0.2) is 8.42 Å². The van der Waals surface area contributed by atoms with Crippen molar-refractivity contribution in [1.29, 1.82) is 5.26 Å². The molecule has 0 unspecified atom stereocenters. The second-order valence-electron chi connectivity index (χ2n) is 6.46. The molecule has 1 fully saturated rings. The molecule has 0 N–H and O–H groups in total. The van der Waals surface area contributed by atoms with Crippen molar-refractivity contribution in [2.24, 2.45) is 5.41 Å². The molecule has 0 radical (unpaired) electrons. The van der Waals surface area contributed by atoms with Gasteiger partial charge >= 0.3 is 0 Å². The number of halogens is 1. The van der Waals surface area contributed by atoms with Crippen LogP contribution in [0, 0.1) is 16.7 Å². The summed E-state index contributed by atoms with van der Waals surface area (Å²) >= 11 is 5.88.